The van der Waals surface area contributed by atoms with Gasteiger partial charge in [-0.2, -0.15) is 0 Å². The molecular weight excluding hydrogens is 467 g/mol. The van der Waals surface area contributed by atoms with Gasteiger partial charge in [0.25, 0.3) is 5.91 Å². The molecule has 2 aliphatic heterocycles. The molecule has 4 rings (SSSR count). The number of hydrogen-bond donors (Lipinski definition) is 1. The van der Waals surface area contributed by atoms with Crippen LogP contribution in [0.5, 0.6) is 0 Å². The molecule has 0 radical (unpaired) electrons. The second kappa shape index (κ2) is 9.19. The Labute approximate surface area is 198 Å². The van der Waals surface area contributed by atoms with Crippen molar-refractivity contribution >= 4 is 33.2 Å². The van der Waals surface area contributed by atoms with Crippen LogP contribution in [0.25, 0.3) is 0 Å². The third-order valence-electron chi connectivity index (χ3n) is 6.68. The Hall–Kier alpha value is -2.23. The van der Waals surface area contributed by atoms with Gasteiger partial charge in [0.1, 0.15) is 11.6 Å². The van der Waals surface area contributed by atoms with Gasteiger partial charge in [-0.25, -0.2) is 17.8 Å². The van der Waals surface area contributed by atoms with Crippen molar-refractivity contribution in [2.45, 2.75) is 61.9 Å². The molecular formula is C23H28ClFN4O3S. The van der Waals surface area contributed by atoms with Gasteiger partial charge in [0, 0.05) is 31.7 Å². The lowest BCUT2D eigenvalue weighted by molar-refractivity contribution is 0.0717. The van der Waals surface area contributed by atoms with E-state index in [0.717, 1.165) is 18.9 Å². The molecule has 3 atom stereocenters. The number of fused-ring (bicyclic) bond motifs is 2. The highest BCUT2D eigenvalue weighted by molar-refractivity contribution is 7.92. The van der Waals surface area contributed by atoms with Crippen LogP contribution in [0.15, 0.2) is 35.2 Å². The monoisotopic (exact) mass is 494 g/mol. The van der Waals surface area contributed by atoms with E-state index in [1.54, 1.807) is 24.0 Å². The largest absolute Gasteiger partial charge is 0.347 e. The molecule has 0 spiro atoms. The van der Waals surface area contributed by atoms with Crippen molar-refractivity contribution in [1.29, 1.82) is 0 Å². The number of nitrogens with zero attached hydrogens (tertiary/aromatic N) is 3. The Morgan fingerprint density at radius 2 is 1.91 bits per heavy atom. The number of piperazine rings is 1. The van der Waals surface area contributed by atoms with E-state index in [1.807, 2.05) is 6.92 Å². The maximum Gasteiger partial charge on any atom is 0.255 e. The number of hydrogen-bond acceptors (Lipinski definition) is 6. The number of sulfone groups is 1. The topological polar surface area (TPSA) is 96.6 Å². The first kappa shape index (κ1) is 23.9. The molecule has 33 heavy (non-hydrogen) atoms. The van der Waals surface area contributed by atoms with Crippen LogP contribution in [0.1, 0.15) is 49.2 Å². The van der Waals surface area contributed by atoms with Crippen molar-refractivity contribution in [1.82, 2.24) is 9.88 Å². The number of benzene rings is 1. The summed E-state index contributed by atoms with van der Waals surface area (Å²) in [6, 6.07) is 6.96. The average molecular weight is 495 g/mol. The summed E-state index contributed by atoms with van der Waals surface area (Å²) in [6.07, 6.45) is 2.22. The van der Waals surface area contributed by atoms with E-state index in [0.29, 0.717) is 31.0 Å². The number of nitrogens with two attached hydrogens (primary N) is 1. The summed E-state index contributed by atoms with van der Waals surface area (Å²) in [5.74, 6) is -0.144. The normalized spacial score (nSPS) is 21.4. The van der Waals surface area contributed by atoms with E-state index in [4.69, 9.17) is 17.3 Å². The van der Waals surface area contributed by atoms with Gasteiger partial charge in [-0.05, 0) is 56.5 Å². The lowest BCUT2D eigenvalue weighted by atomic mass is 10.1. The molecule has 1 aromatic heterocycles. The Morgan fingerprint density at radius 1 is 1.24 bits per heavy atom. The number of carbonyl (C=O) groups is 1. The highest BCUT2D eigenvalue weighted by Crippen LogP contribution is 2.36. The van der Waals surface area contributed by atoms with E-state index in [1.165, 1.54) is 12.1 Å². The van der Waals surface area contributed by atoms with Crippen LogP contribution in [0, 0.1) is 5.82 Å². The zero-order valence-corrected chi connectivity index (χ0v) is 20.2. The summed E-state index contributed by atoms with van der Waals surface area (Å²) < 4.78 is 39.4. The highest BCUT2D eigenvalue weighted by Gasteiger charge is 2.43. The number of carbonyl (C=O) groups excluding carboxylic acids is 1. The first-order chi connectivity index (χ1) is 15.6. The maximum atomic E-state index is 13.4. The smallest absolute Gasteiger partial charge is 0.255 e. The number of rotatable bonds is 6. The van der Waals surface area contributed by atoms with Gasteiger partial charge in [-0.15, -0.1) is 0 Å². The van der Waals surface area contributed by atoms with Crippen molar-refractivity contribution in [2.75, 3.05) is 18.0 Å². The zero-order chi connectivity index (χ0) is 23.9. The quantitative estimate of drug-likeness (QED) is 0.661. The Morgan fingerprint density at radius 3 is 2.48 bits per heavy atom. The number of amides is 1. The number of halogens is 2. The molecule has 2 saturated heterocycles. The minimum atomic E-state index is -3.50. The maximum absolute atomic E-state index is 13.4. The third-order valence-corrected chi connectivity index (χ3v) is 9.27. The van der Waals surface area contributed by atoms with Gasteiger partial charge in [0.2, 0.25) is 0 Å². The van der Waals surface area contributed by atoms with Gasteiger partial charge in [-0.3, -0.25) is 4.79 Å². The zero-order valence-electron chi connectivity index (χ0n) is 18.7. The second-order valence-corrected chi connectivity index (χ2v) is 11.5. The summed E-state index contributed by atoms with van der Waals surface area (Å²) in [5, 5.41) is -0.419. The molecule has 2 unspecified atom stereocenters. The molecule has 0 aliphatic carbocycles. The van der Waals surface area contributed by atoms with Crippen molar-refractivity contribution in [3.63, 3.8) is 0 Å². The molecule has 10 heteroatoms. The van der Waals surface area contributed by atoms with E-state index in [9.17, 15) is 17.6 Å². The Kier molecular flexibility index (Phi) is 6.66. The molecule has 178 valence electrons. The molecule has 1 amide bonds. The first-order valence-electron chi connectivity index (χ1n) is 11.1. The Balaban J connectivity index is 1.62. The van der Waals surface area contributed by atoms with Crippen molar-refractivity contribution < 1.29 is 17.6 Å². The van der Waals surface area contributed by atoms with E-state index in [2.05, 4.69) is 9.88 Å². The van der Waals surface area contributed by atoms with Crippen LogP contribution in [-0.4, -0.2) is 54.6 Å². The lowest BCUT2D eigenvalue weighted by Gasteiger charge is -2.42. The van der Waals surface area contributed by atoms with Crippen LogP contribution in [0.3, 0.4) is 0 Å². The van der Waals surface area contributed by atoms with E-state index < -0.39 is 20.9 Å². The third kappa shape index (κ3) is 4.46. The molecule has 7 nitrogen and oxygen atoms in total. The molecule has 2 bridgehead atoms. The van der Waals surface area contributed by atoms with Gasteiger partial charge in [0.15, 0.2) is 9.84 Å². The fraction of sp³-hybridized carbons (Fsp3) is 0.478. The predicted octanol–water partition coefficient (Wildman–Crippen LogP) is 3.40. The second-order valence-electron chi connectivity index (χ2n) is 8.75. The van der Waals surface area contributed by atoms with Crippen molar-refractivity contribution in [3.8, 4) is 0 Å². The summed E-state index contributed by atoms with van der Waals surface area (Å²) >= 11 is 6.11. The van der Waals surface area contributed by atoms with Crippen molar-refractivity contribution in [3.05, 3.63) is 52.4 Å². The number of aromatic nitrogens is 1. The van der Waals surface area contributed by atoms with Crippen LogP contribution >= 0.6 is 11.6 Å². The van der Waals surface area contributed by atoms with Crippen LogP contribution < -0.4 is 10.6 Å². The minimum Gasteiger partial charge on any atom is -0.347 e. The fourth-order valence-electron chi connectivity index (χ4n) is 4.67. The number of likely N-dealkylation sites (tertiary alicyclic amines) is 1. The molecule has 2 aromatic rings. The van der Waals surface area contributed by atoms with Crippen molar-refractivity contribution in [2.24, 2.45) is 5.73 Å². The average Bonchev–Trinajstić information content (AvgIpc) is 3.06. The molecule has 1 aromatic carbocycles. The summed E-state index contributed by atoms with van der Waals surface area (Å²) in [6.45, 7) is 4.58. The molecule has 2 aliphatic rings. The molecule has 2 N–H and O–H groups in total. The number of pyridine rings is 1. The van der Waals surface area contributed by atoms with Crippen LogP contribution in [0.2, 0.25) is 5.02 Å². The van der Waals surface area contributed by atoms with Crippen LogP contribution in [-0.2, 0) is 16.4 Å². The Bertz CT molecular complexity index is 1160. The molecule has 3 heterocycles. The summed E-state index contributed by atoms with van der Waals surface area (Å²) in [7, 11) is -3.50. The lowest BCUT2D eigenvalue weighted by Crippen LogP contribution is -2.55. The fourth-order valence-corrected chi connectivity index (χ4v) is 6.40. The standard InChI is InChI=1S/C23H28ClFN4O3S/c1-3-14(2)33(31,32)19-9-16(11-26)27-22(10-19)29-17-5-6-18(29)13-28(12-17)23(30)20-7-4-15(25)8-21(20)24/h4,7-10,14,17-18H,3,5-6,11-13,26H2,1-2H3/t14-,17?,18?/m1/s1. The summed E-state index contributed by atoms with van der Waals surface area (Å²) in [4.78, 5) is 21.8. The van der Waals surface area contributed by atoms with Crippen LogP contribution in [0.4, 0.5) is 10.2 Å². The predicted molar refractivity (Wildman–Crippen MR) is 126 cm³/mol. The van der Waals surface area contributed by atoms with Gasteiger partial charge < -0.3 is 15.5 Å². The SMILES string of the molecule is CC[C@@H](C)S(=O)(=O)c1cc(CN)nc(N2C3CCC2CN(C(=O)c2ccc(F)cc2Cl)C3)c1. The van der Waals surface area contributed by atoms with Gasteiger partial charge in [-0.1, -0.05) is 18.5 Å². The van der Waals surface area contributed by atoms with E-state index in [-0.39, 0.29) is 40.0 Å². The highest BCUT2D eigenvalue weighted by atomic mass is 35.5. The minimum absolute atomic E-state index is 0.00778. The van der Waals surface area contributed by atoms with E-state index >= 15 is 0 Å². The number of anilines is 1. The molecule has 0 saturated carbocycles. The summed E-state index contributed by atoms with van der Waals surface area (Å²) in [5.41, 5.74) is 6.63. The first-order valence-corrected chi connectivity index (χ1v) is 13.1. The van der Waals surface area contributed by atoms with Gasteiger partial charge in [0.05, 0.1) is 26.4 Å². The molecule has 2 fully saturated rings. The van der Waals surface area contributed by atoms with Gasteiger partial charge >= 0.3 is 0 Å².